The largest absolute Gasteiger partial charge is 0.342 e. The third-order valence-electron chi connectivity index (χ3n) is 4.39. The number of hydrogen-bond acceptors (Lipinski definition) is 5. The van der Waals surface area contributed by atoms with Gasteiger partial charge in [-0.3, -0.25) is 9.48 Å². The molecule has 1 aliphatic rings. The smallest absolute Gasteiger partial charge is 0.228 e. The van der Waals surface area contributed by atoms with E-state index in [1.54, 1.807) is 4.68 Å². The quantitative estimate of drug-likeness (QED) is 0.838. The average Bonchev–Trinajstić information content (AvgIpc) is 3.16. The molecule has 0 N–H and O–H groups in total. The molecule has 2 aromatic rings. The molecule has 8 nitrogen and oxygen atoms in total. The number of nitrogens with zero attached hydrogens (tertiary/aromatic N) is 7. The molecule has 0 aliphatic carbocycles. The van der Waals surface area contributed by atoms with Crippen LogP contribution in [-0.4, -0.2) is 53.9 Å². The van der Waals surface area contributed by atoms with Crippen LogP contribution in [0.5, 0.6) is 0 Å². The zero-order valence-corrected chi connectivity index (χ0v) is 13.9. The van der Waals surface area contributed by atoms with Gasteiger partial charge in [0, 0.05) is 38.3 Å². The van der Waals surface area contributed by atoms with E-state index in [2.05, 4.69) is 34.5 Å². The third-order valence-corrected chi connectivity index (χ3v) is 4.39. The third kappa shape index (κ3) is 3.40. The second kappa shape index (κ2) is 6.47. The molecular weight excluding hydrogens is 294 g/mol. The summed E-state index contributed by atoms with van der Waals surface area (Å²) in [4.78, 5) is 14.4. The van der Waals surface area contributed by atoms with Gasteiger partial charge in [0.2, 0.25) is 5.91 Å². The van der Waals surface area contributed by atoms with Crippen molar-refractivity contribution in [2.75, 3.05) is 13.1 Å². The first kappa shape index (κ1) is 15.6. The number of carbonyl (C=O) groups is 1. The Kier molecular flexibility index (Phi) is 4.40. The fraction of sp³-hybridized carbons (Fsp3) is 0.667. The number of tetrazole rings is 1. The van der Waals surface area contributed by atoms with Crippen molar-refractivity contribution in [3.05, 3.63) is 23.8 Å². The molecule has 23 heavy (non-hydrogen) atoms. The molecule has 0 saturated carbocycles. The lowest BCUT2D eigenvalue weighted by Crippen LogP contribution is -2.39. The SMILES string of the molecule is CC(C)n1ccc(CC(=O)N2CCC(c3nnnn3C)CC2)n1. The van der Waals surface area contributed by atoms with E-state index < -0.39 is 0 Å². The van der Waals surface area contributed by atoms with Crippen molar-refractivity contribution >= 4 is 5.91 Å². The Morgan fingerprint density at radius 1 is 1.35 bits per heavy atom. The highest BCUT2D eigenvalue weighted by Crippen LogP contribution is 2.25. The van der Waals surface area contributed by atoms with E-state index in [0.717, 1.165) is 37.4 Å². The Morgan fingerprint density at radius 2 is 2.09 bits per heavy atom. The molecule has 0 atom stereocenters. The number of rotatable bonds is 4. The summed E-state index contributed by atoms with van der Waals surface area (Å²) >= 11 is 0. The molecule has 1 saturated heterocycles. The van der Waals surface area contributed by atoms with Crippen molar-refractivity contribution < 1.29 is 4.79 Å². The van der Waals surface area contributed by atoms with Crippen LogP contribution in [0.3, 0.4) is 0 Å². The second-order valence-electron chi connectivity index (χ2n) is 6.37. The molecule has 1 aliphatic heterocycles. The maximum atomic E-state index is 12.4. The van der Waals surface area contributed by atoms with E-state index in [0.29, 0.717) is 18.4 Å². The molecule has 0 aromatic carbocycles. The predicted molar refractivity (Wildman–Crippen MR) is 83.7 cm³/mol. The van der Waals surface area contributed by atoms with Crippen molar-refractivity contribution in [1.29, 1.82) is 0 Å². The summed E-state index contributed by atoms with van der Waals surface area (Å²) in [5, 5.41) is 16.1. The van der Waals surface area contributed by atoms with Gasteiger partial charge in [0.05, 0.1) is 12.1 Å². The first-order valence-corrected chi connectivity index (χ1v) is 8.08. The van der Waals surface area contributed by atoms with Crippen LogP contribution in [0.4, 0.5) is 0 Å². The Hall–Kier alpha value is -2.25. The summed E-state index contributed by atoms with van der Waals surface area (Å²) in [5.41, 5.74) is 0.836. The average molecular weight is 317 g/mol. The number of hydrogen-bond donors (Lipinski definition) is 0. The summed E-state index contributed by atoms with van der Waals surface area (Å²) in [6.07, 6.45) is 4.11. The van der Waals surface area contributed by atoms with Gasteiger partial charge in [-0.05, 0) is 43.2 Å². The zero-order valence-electron chi connectivity index (χ0n) is 13.9. The Labute approximate surface area is 135 Å². The number of aromatic nitrogens is 6. The molecule has 3 heterocycles. The molecule has 1 fully saturated rings. The van der Waals surface area contributed by atoms with Crippen molar-refractivity contribution in [3.63, 3.8) is 0 Å². The van der Waals surface area contributed by atoms with Crippen LogP contribution in [0.1, 0.15) is 50.2 Å². The monoisotopic (exact) mass is 317 g/mol. The highest BCUT2D eigenvalue weighted by Gasteiger charge is 2.27. The van der Waals surface area contributed by atoms with Crippen molar-refractivity contribution in [3.8, 4) is 0 Å². The molecule has 8 heteroatoms. The lowest BCUT2D eigenvalue weighted by molar-refractivity contribution is -0.131. The normalized spacial score (nSPS) is 16.3. The van der Waals surface area contributed by atoms with Crippen molar-refractivity contribution in [1.82, 2.24) is 34.9 Å². The number of likely N-dealkylation sites (tertiary alicyclic amines) is 1. The van der Waals surface area contributed by atoms with Crippen LogP contribution in [0.25, 0.3) is 0 Å². The molecular formula is C15H23N7O. The highest BCUT2D eigenvalue weighted by molar-refractivity contribution is 5.78. The Morgan fingerprint density at radius 3 is 2.65 bits per heavy atom. The van der Waals surface area contributed by atoms with E-state index in [1.165, 1.54) is 0 Å². The summed E-state index contributed by atoms with van der Waals surface area (Å²) < 4.78 is 3.61. The van der Waals surface area contributed by atoms with Gasteiger partial charge in [-0.2, -0.15) is 5.10 Å². The molecule has 124 valence electrons. The summed E-state index contributed by atoms with van der Waals surface area (Å²) in [6, 6.07) is 2.24. The molecule has 0 spiro atoms. The standard InChI is InChI=1S/C15H23N7O/c1-11(2)22-9-6-13(17-22)10-14(23)21-7-4-12(5-8-21)15-16-18-19-20(15)3/h6,9,11-12H,4-5,7-8,10H2,1-3H3. The molecule has 2 aromatic heterocycles. The minimum Gasteiger partial charge on any atom is -0.342 e. The molecule has 0 unspecified atom stereocenters. The topological polar surface area (TPSA) is 81.7 Å². The van der Waals surface area contributed by atoms with Gasteiger partial charge in [-0.15, -0.1) is 5.10 Å². The van der Waals surface area contributed by atoms with E-state index >= 15 is 0 Å². The number of piperidine rings is 1. The first-order valence-electron chi connectivity index (χ1n) is 8.08. The molecule has 0 radical (unpaired) electrons. The van der Waals surface area contributed by atoms with Gasteiger partial charge < -0.3 is 4.90 Å². The molecule has 3 rings (SSSR count). The van der Waals surface area contributed by atoms with E-state index in [1.807, 2.05) is 28.9 Å². The van der Waals surface area contributed by atoms with Gasteiger partial charge in [0.1, 0.15) is 0 Å². The number of amides is 1. The molecule has 1 amide bonds. The second-order valence-corrected chi connectivity index (χ2v) is 6.37. The number of carbonyl (C=O) groups excluding carboxylic acids is 1. The minimum atomic E-state index is 0.147. The summed E-state index contributed by atoms with van der Waals surface area (Å²) in [5.74, 6) is 1.39. The number of aryl methyl sites for hydroxylation is 1. The fourth-order valence-electron chi connectivity index (χ4n) is 3.00. The maximum Gasteiger partial charge on any atom is 0.228 e. The first-order chi connectivity index (χ1) is 11.0. The van der Waals surface area contributed by atoms with Gasteiger partial charge in [0.25, 0.3) is 0 Å². The lowest BCUT2D eigenvalue weighted by Gasteiger charge is -2.31. The van der Waals surface area contributed by atoms with Crippen LogP contribution >= 0.6 is 0 Å². The van der Waals surface area contributed by atoms with Gasteiger partial charge in [-0.1, -0.05) is 0 Å². The minimum absolute atomic E-state index is 0.147. The molecule has 0 bridgehead atoms. The summed E-state index contributed by atoms with van der Waals surface area (Å²) in [6.45, 7) is 5.65. The predicted octanol–water partition coefficient (Wildman–Crippen LogP) is 0.936. The van der Waals surface area contributed by atoms with Crippen molar-refractivity contribution in [2.45, 2.75) is 45.1 Å². The van der Waals surface area contributed by atoms with Crippen LogP contribution in [0.2, 0.25) is 0 Å². The zero-order chi connectivity index (χ0) is 16.4. The summed E-state index contributed by atoms with van der Waals surface area (Å²) in [7, 11) is 1.86. The van der Waals surface area contributed by atoms with E-state index in [4.69, 9.17) is 0 Å². The van der Waals surface area contributed by atoms with Crippen molar-refractivity contribution in [2.24, 2.45) is 7.05 Å². The Balaban J connectivity index is 1.54. The lowest BCUT2D eigenvalue weighted by atomic mass is 9.96. The van der Waals surface area contributed by atoms with Gasteiger partial charge >= 0.3 is 0 Å². The van der Waals surface area contributed by atoms with E-state index in [9.17, 15) is 4.79 Å². The fourth-order valence-corrected chi connectivity index (χ4v) is 3.00. The van der Waals surface area contributed by atoms with Gasteiger partial charge in [0.15, 0.2) is 5.82 Å². The van der Waals surface area contributed by atoms with Crippen LogP contribution in [0, 0.1) is 0 Å². The van der Waals surface area contributed by atoms with Crippen LogP contribution in [-0.2, 0) is 18.3 Å². The maximum absolute atomic E-state index is 12.4. The van der Waals surface area contributed by atoms with E-state index in [-0.39, 0.29) is 5.91 Å². The van der Waals surface area contributed by atoms with Crippen LogP contribution in [0.15, 0.2) is 12.3 Å². The van der Waals surface area contributed by atoms with Gasteiger partial charge in [-0.25, -0.2) is 4.68 Å². The highest BCUT2D eigenvalue weighted by atomic mass is 16.2. The van der Waals surface area contributed by atoms with Crippen LogP contribution < -0.4 is 0 Å². The Bertz CT molecular complexity index is 667.